The third-order valence-corrected chi connectivity index (χ3v) is 6.47. The van der Waals surface area contributed by atoms with Crippen molar-refractivity contribution in [1.82, 2.24) is 5.32 Å². The van der Waals surface area contributed by atoms with Crippen LogP contribution in [-0.4, -0.2) is 37.4 Å². The molecule has 1 rings (SSSR count). The molecule has 1 aromatic heterocycles. The topological polar surface area (TPSA) is 98.0 Å². The highest BCUT2D eigenvalue weighted by Crippen LogP contribution is 2.42. The minimum Gasteiger partial charge on any atom is -0.449 e. The second kappa shape index (κ2) is 20.9. The number of aromatic nitrogens is 1. The summed E-state index contributed by atoms with van der Waals surface area (Å²) in [6.07, 6.45) is 18.9. The zero-order valence-electron chi connectivity index (χ0n) is 21.0. The molecule has 0 aliphatic carbocycles. The third kappa shape index (κ3) is 18.9. The first-order valence-electron chi connectivity index (χ1n) is 13.0. The Balaban J connectivity index is 1.86. The van der Waals surface area contributed by atoms with Crippen LogP contribution in [0.1, 0.15) is 90.4 Å². The second-order valence-corrected chi connectivity index (χ2v) is 10.0. The fourth-order valence-corrected chi connectivity index (χ4v) is 4.24. The molecular weight excluding hydrogens is 455 g/mol. The molecule has 0 saturated heterocycles. The maximum atomic E-state index is 11.8. The zero-order valence-corrected chi connectivity index (χ0v) is 21.9. The van der Waals surface area contributed by atoms with Gasteiger partial charge in [-0.1, -0.05) is 83.6 Å². The maximum Gasteiger partial charge on any atom is 0.472 e. The lowest BCUT2D eigenvalue weighted by Crippen LogP contribution is -2.34. The first kappa shape index (κ1) is 30.6. The zero-order chi connectivity index (χ0) is 24.7. The van der Waals surface area contributed by atoms with Gasteiger partial charge in [0.1, 0.15) is 6.61 Å². The summed E-state index contributed by atoms with van der Waals surface area (Å²) in [7, 11) is -4.11. The molecule has 0 aliphatic rings. The fourth-order valence-electron chi connectivity index (χ4n) is 3.49. The summed E-state index contributed by atoms with van der Waals surface area (Å²) in [6, 6.07) is 5.62. The molecule has 0 aromatic carbocycles. The Morgan fingerprint density at radius 2 is 1.35 bits per heavy atom. The molecule has 1 unspecified atom stereocenters. The van der Waals surface area contributed by atoms with Gasteiger partial charge >= 0.3 is 13.9 Å². The van der Waals surface area contributed by atoms with Gasteiger partial charge in [-0.3, -0.25) is 9.05 Å². The smallest absolute Gasteiger partial charge is 0.449 e. The number of carbonyl (C=O) groups excluding carboxylic acids is 1. The van der Waals surface area contributed by atoms with E-state index >= 15 is 0 Å². The maximum absolute atomic E-state index is 11.8. The number of hydrogen-bond donors (Lipinski definition) is 2. The van der Waals surface area contributed by atoms with Gasteiger partial charge in [0, 0.05) is 25.1 Å². The van der Waals surface area contributed by atoms with E-state index < -0.39 is 13.9 Å². The Morgan fingerprint density at radius 3 is 1.97 bits per heavy atom. The molecule has 0 fully saturated rings. The first-order valence-corrected chi connectivity index (χ1v) is 14.5. The third-order valence-electron chi connectivity index (χ3n) is 5.46. The van der Waals surface area contributed by atoms with Crippen molar-refractivity contribution in [2.45, 2.75) is 96.9 Å². The van der Waals surface area contributed by atoms with Crippen LogP contribution in [0.4, 0.5) is 4.79 Å². The minimum atomic E-state index is -4.11. The fraction of sp³-hybridized carbons (Fsp3) is 0.760. The van der Waals surface area contributed by atoms with Crippen LogP contribution in [0.3, 0.4) is 0 Å². The highest BCUT2D eigenvalue weighted by atomic mass is 31.2. The molecule has 196 valence electrons. The van der Waals surface area contributed by atoms with Gasteiger partial charge in [-0.2, -0.15) is 0 Å². The van der Waals surface area contributed by atoms with Gasteiger partial charge < -0.3 is 14.9 Å². The average molecular weight is 502 g/mol. The number of nitrogens with one attached hydrogen (secondary N) is 1. The number of phosphoric acid groups is 1. The largest absolute Gasteiger partial charge is 0.472 e. The predicted octanol–water partition coefficient (Wildman–Crippen LogP) is 5.93. The molecule has 2 N–H and O–H groups in total. The number of rotatable bonds is 22. The monoisotopic (exact) mass is 501 g/mol. The number of pyridine rings is 1. The van der Waals surface area contributed by atoms with Crippen LogP contribution < -0.4 is 9.88 Å². The summed E-state index contributed by atoms with van der Waals surface area (Å²) in [5.41, 5.74) is 0. The molecule has 0 aliphatic heterocycles. The van der Waals surface area contributed by atoms with Crippen LogP contribution in [0.2, 0.25) is 0 Å². The lowest BCUT2D eigenvalue weighted by molar-refractivity contribution is -0.697. The highest BCUT2D eigenvalue weighted by Gasteiger charge is 2.21. The van der Waals surface area contributed by atoms with E-state index in [1.807, 2.05) is 35.2 Å². The van der Waals surface area contributed by atoms with Gasteiger partial charge in [0.05, 0.1) is 13.2 Å². The number of hydrogen-bond acceptors (Lipinski definition) is 5. The lowest BCUT2D eigenvalue weighted by atomic mass is 10.1. The first-order chi connectivity index (χ1) is 16.5. The Labute approximate surface area is 206 Å². The molecule has 0 bridgehead atoms. The molecule has 8 nitrogen and oxygen atoms in total. The molecule has 0 radical (unpaired) electrons. The number of nitrogens with zero attached hydrogens (tertiary/aromatic N) is 1. The van der Waals surface area contributed by atoms with E-state index in [1.54, 1.807) is 0 Å². The van der Waals surface area contributed by atoms with Crippen LogP contribution in [-0.2, 0) is 24.9 Å². The number of unbranched alkanes of at least 4 members (excludes halogenated alkanes) is 11. The molecule has 1 atom stereocenters. The average Bonchev–Trinajstić information content (AvgIpc) is 2.82. The Hall–Kier alpha value is -1.47. The van der Waals surface area contributed by atoms with Crippen molar-refractivity contribution >= 4 is 13.9 Å². The molecule has 0 saturated carbocycles. The van der Waals surface area contributed by atoms with Crippen LogP contribution in [0.25, 0.3) is 0 Å². The van der Waals surface area contributed by atoms with E-state index in [-0.39, 0.29) is 19.8 Å². The van der Waals surface area contributed by atoms with E-state index in [2.05, 4.69) is 12.2 Å². The molecular formula is C25H46N2O6P+. The second-order valence-electron chi connectivity index (χ2n) is 8.55. The number of alkyl carbamates (subject to hydrolysis) is 1. The summed E-state index contributed by atoms with van der Waals surface area (Å²) >= 11 is 0. The van der Waals surface area contributed by atoms with Gasteiger partial charge in [0.15, 0.2) is 18.9 Å². The van der Waals surface area contributed by atoms with Crippen LogP contribution in [0.15, 0.2) is 30.6 Å². The SMILES string of the molecule is CCCCCCCCCCCCCCNC(=O)OCCCOP(=O)(O)OCC[n+]1ccccc1. The van der Waals surface area contributed by atoms with E-state index in [1.165, 1.54) is 64.2 Å². The van der Waals surface area contributed by atoms with Crippen molar-refractivity contribution in [2.75, 3.05) is 26.4 Å². The number of ether oxygens (including phenoxy) is 1. The Bertz CT molecular complexity index is 662. The van der Waals surface area contributed by atoms with Crippen molar-refractivity contribution in [3.63, 3.8) is 0 Å². The van der Waals surface area contributed by atoms with E-state index in [0.717, 1.165) is 12.8 Å². The minimum absolute atomic E-state index is 0.0295. The van der Waals surface area contributed by atoms with Crippen molar-refractivity contribution < 1.29 is 32.6 Å². The van der Waals surface area contributed by atoms with Crippen molar-refractivity contribution in [3.8, 4) is 0 Å². The van der Waals surface area contributed by atoms with E-state index in [9.17, 15) is 14.3 Å². The van der Waals surface area contributed by atoms with Crippen molar-refractivity contribution in [3.05, 3.63) is 30.6 Å². The van der Waals surface area contributed by atoms with Gasteiger partial charge in [-0.15, -0.1) is 0 Å². The van der Waals surface area contributed by atoms with Crippen molar-refractivity contribution in [2.24, 2.45) is 0 Å². The van der Waals surface area contributed by atoms with Crippen LogP contribution >= 0.6 is 7.82 Å². The molecule has 1 heterocycles. The normalized spacial score (nSPS) is 12.9. The quantitative estimate of drug-likeness (QED) is 0.116. The van der Waals surface area contributed by atoms with Gasteiger partial charge in [0.2, 0.25) is 0 Å². The van der Waals surface area contributed by atoms with Crippen LogP contribution in [0, 0.1) is 0 Å². The van der Waals surface area contributed by atoms with Crippen molar-refractivity contribution in [1.29, 1.82) is 0 Å². The van der Waals surface area contributed by atoms with E-state index in [4.69, 9.17) is 13.8 Å². The molecule has 1 amide bonds. The van der Waals surface area contributed by atoms with Gasteiger partial charge in [-0.05, 0) is 6.42 Å². The summed E-state index contributed by atoms with van der Waals surface area (Å²) < 4.78 is 28.6. The number of phosphoric ester groups is 1. The summed E-state index contributed by atoms with van der Waals surface area (Å²) in [4.78, 5) is 21.3. The summed E-state index contributed by atoms with van der Waals surface area (Å²) in [6.45, 7) is 3.44. The molecule has 34 heavy (non-hydrogen) atoms. The number of amides is 1. The standard InChI is InChI=1S/C25H45N2O6P/c1-2-3-4-5-6-7-8-9-10-11-12-14-18-26-25(28)31-22-17-23-32-34(29,30)33-24-21-27-19-15-13-16-20-27/h13,15-16,19-20H,2-12,14,17-18,21-24H2,1H3,(H-,26,28,29,30)/p+1. The van der Waals surface area contributed by atoms with Crippen LogP contribution in [0.5, 0.6) is 0 Å². The van der Waals surface area contributed by atoms with Gasteiger partial charge in [0.25, 0.3) is 0 Å². The highest BCUT2D eigenvalue weighted by molar-refractivity contribution is 7.47. The van der Waals surface area contributed by atoms with E-state index in [0.29, 0.717) is 19.5 Å². The molecule has 9 heteroatoms. The van der Waals surface area contributed by atoms with Gasteiger partial charge in [-0.25, -0.2) is 13.9 Å². The molecule has 0 spiro atoms. The summed E-state index contributed by atoms with van der Waals surface area (Å²) in [5, 5.41) is 2.74. The number of carbonyl (C=O) groups is 1. The Kier molecular flexibility index (Phi) is 18.8. The lowest BCUT2D eigenvalue weighted by Gasteiger charge is -2.11. The summed E-state index contributed by atoms with van der Waals surface area (Å²) in [5.74, 6) is 0. The predicted molar refractivity (Wildman–Crippen MR) is 133 cm³/mol. The molecule has 1 aromatic rings. The Morgan fingerprint density at radius 1 is 0.794 bits per heavy atom.